The van der Waals surface area contributed by atoms with Crippen LogP contribution in [0.1, 0.15) is 19.8 Å². The number of carbonyl (C=O) groups is 1. The quantitative estimate of drug-likeness (QED) is 0.686. The lowest BCUT2D eigenvalue weighted by molar-refractivity contribution is -0.120. The SMILES string of the molecule is COCCNCC(=O)NCC1(C)CCCS1.Cl. The van der Waals surface area contributed by atoms with Crippen LogP contribution in [0.5, 0.6) is 0 Å². The van der Waals surface area contributed by atoms with E-state index in [9.17, 15) is 4.79 Å². The fourth-order valence-electron chi connectivity index (χ4n) is 1.70. The third kappa shape index (κ3) is 7.13. The van der Waals surface area contributed by atoms with Gasteiger partial charge in [0.15, 0.2) is 0 Å². The normalized spacial score (nSPS) is 23.2. The maximum Gasteiger partial charge on any atom is 0.234 e. The minimum atomic E-state index is 0. The molecule has 0 aromatic rings. The zero-order valence-electron chi connectivity index (χ0n) is 10.6. The van der Waals surface area contributed by atoms with Gasteiger partial charge in [-0.3, -0.25) is 4.79 Å². The Hall–Kier alpha value is 0.0300. The van der Waals surface area contributed by atoms with Gasteiger partial charge < -0.3 is 15.4 Å². The first-order valence-electron chi connectivity index (χ1n) is 5.77. The monoisotopic (exact) mass is 282 g/mol. The highest BCUT2D eigenvalue weighted by molar-refractivity contribution is 8.00. The molecular weight excluding hydrogens is 260 g/mol. The van der Waals surface area contributed by atoms with Crippen LogP contribution in [0.2, 0.25) is 0 Å². The number of rotatable bonds is 7. The molecule has 1 aliphatic heterocycles. The van der Waals surface area contributed by atoms with Crippen molar-refractivity contribution in [2.45, 2.75) is 24.5 Å². The molecule has 6 heteroatoms. The summed E-state index contributed by atoms with van der Waals surface area (Å²) in [7, 11) is 1.65. The van der Waals surface area contributed by atoms with Crippen LogP contribution in [-0.4, -0.2) is 49.8 Å². The molecule has 0 bridgehead atoms. The topological polar surface area (TPSA) is 50.4 Å². The molecule has 0 spiro atoms. The van der Waals surface area contributed by atoms with Crippen molar-refractivity contribution in [3.63, 3.8) is 0 Å². The third-order valence-corrected chi connectivity index (χ3v) is 4.27. The molecule has 0 saturated carbocycles. The maximum absolute atomic E-state index is 11.5. The second kappa shape index (κ2) is 9.03. The van der Waals surface area contributed by atoms with Crippen LogP contribution in [0.4, 0.5) is 0 Å². The Morgan fingerprint density at radius 2 is 2.29 bits per heavy atom. The zero-order chi connectivity index (χ0) is 11.9. The van der Waals surface area contributed by atoms with E-state index in [-0.39, 0.29) is 23.1 Å². The van der Waals surface area contributed by atoms with E-state index in [0.717, 1.165) is 13.1 Å². The molecule has 0 aromatic heterocycles. The smallest absolute Gasteiger partial charge is 0.234 e. The number of thioether (sulfide) groups is 1. The number of amides is 1. The first-order chi connectivity index (χ1) is 7.66. The summed E-state index contributed by atoms with van der Waals surface area (Å²) in [5.41, 5.74) is 0. The number of ether oxygens (including phenoxy) is 1. The van der Waals surface area contributed by atoms with Crippen LogP contribution in [-0.2, 0) is 9.53 Å². The van der Waals surface area contributed by atoms with Gasteiger partial charge in [-0.05, 0) is 25.5 Å². The van der Waals surface area contributed by atoms with Gasteiger partial charge in [0.1, 0.15) is 0 Å². The Labute approximate surface area is 114 Å². The van der Waals surface area contributed by atoms with Crippen LogP contribution in [0.15, 0.2) is 0 Å². The van der Waals surface area contributed by atoms with Crippen molar-refractivity contribution in [3.05, 3.63) is 0 Å². The number of halogens is 1. The molecule has 1 atom stereocenters. The Kier molecular flexibility index (Phi) is 9.04. The highest BCUT2D eigenvalue weighted by atomic mass is 35.5. The van der Waals surface area contributed by atoms with Gasteiger partial charge in [-0.2, -0.15) is 11.8 Å². The first-order valence-corrected chi connectivity index (χ1v) is 6.75. The standard InChI is InChI=1S/C11H22N2O2S.ClH/c1-11(4-3-7-16-11)9-13-10(14)8-12-5-6-15-2;/h12H,3-9H2,1-2H3,(H,13,14);1H. The summed E-state index contributed by atoms with van der Waals surface area (Å²) in [5, 5.41) is 6.01. The highest BCUT2D eigenvalue weighted by Crippen LogP contribution is 2.36. The molecule has 1 unspecified atom stereocenters. The van der Waals surface area contributed by atoms with E-state index in [1.165, 1.54) is 18.6 Å². The molecule has 0 radical (unpaired) electrons. The van der Waals surface area contributed by atoms with Gasteiger partial charge in [-0.15, -0.1) is 12.4 Å². The van der Waals surface area contributed by atoms with Crippen LogP contribution in [0.25, 0.3) is 0 Å². The van der Waals surface area contributed by atoms with E-state index in [1.807, 2.05) is 11.8 Å². The predicted molar refractivity (Wildman–Crippen MR) is 75.1 cm³/mol. The maximum atomic E-state index is 11.5. The van der Waals surface area contributed by atoms with Gasteiger partial charge in [0.2, 0.25) is 5.91 Å². The second-order valence-electron chi connectivity index (χ2n) is 4.35. The lowest BCUT2D eigenvalue weighted by Gasteiger charge is -2.22. The summed E-state index contributed by atoms with van der Waals surface area (Å²) in [6.45, 7) is 4.74. The summed E-state index contributed by atoms with van der Waals surface area (Å²) in [6.07, 6.45) is 2.47. The largest absolute Gasteiger partial charge is 0.383 e. The Balaban J connectivity index is 0.00000256. The van der Waals surface area contributed by atoms with Crippen molar-refractivity contribution < 1.29 is 9.53 Å². The molecule has 1 fully saturated rings. The van der Waals surface area contributed by atoms with E-state index in [4.69, 9.17) is 4.74 Å². The number of carbonyl (C=O) groups excluding carboxylic acids is 1. The summed E-state index contributed by atoms with van der Waals surface area (Å²) < 4.78 is 5.14. The van der Waals surface area contributed by atoms with E-state index < -0.39 is 0 Å². The van der Waals surface area contributed by atoms with Crippen LogP contribution >= 0.6 is 24.2 Å². The van der Waals surface area contributed by atoms with Crippen molar-refractivity contribution in [2.24, 2.45) is 0 Å². The van der Waals surface area contributed by atoms with Gasteiger partial charge in [0.25, 0.3) is 0 Å². The highest BCUT2D eigenvalue weighted by Gasteiger charge is 2.29. The van der Waals surface area contributed by atoms with E-state index in [0.29, 0.717) is 13.2 Å². The van der Waals surface area contributed by atoms with E-state index in [1.54, 1.807) is 7.11 Å². The molecule has 1 amide bonds. The molecular formula is C11H23ClN2O2S. The number of hydrogen-bond acceptors (Lipinski definition) is 4. The third-order valence-electron chi connectivity index (χ3n) is 2.73. The van der Waals surface area contributed by atoms with Crippen LogP contribution in [0.3, 0.4) is 0 Å². The second-order valence-corrected chi connectivity index (χ2v) is 6.03. The molecule has 102 valence electrons. The summed E-state index contributed by atoms with van der Waals surface area (Å²) >= 11 is 1.96. The number of hydrogen-bond donors (Lipinski definition) is 2. The number of nitrogens with one attached hydrogen (secondary N) is 2. The van der Waals surface area contributed by atoms with Crippen LogP contribution in [0, 0.1) is 0 Å². The van der Waals surface area contributed by atoms with Crippen molar-refractivity contribution in [1.29, 1.82) is 0 Å². The molecule has 2 N–H and O–H groups in total. The fraction of sp³-hybridized carbons (Fsp3) is 0.909. The van der Waals surface area contributed by atoms with Gasteiger partial charge in [0.05, 0.1) is 13.2 Å². The Morgan fingerprint density at radius 3 is 2.88 bits per heavy atom. The molecule has 0 aliphatic carbocycles. The van der Waals surface area contributed by atoms with Crippen LogP contribution < -0.4 is 10.6 Å². The molecule has 1 rings (SSSR count). The molecule has 0 aromatic carbocycles. The fourth-order valence-corrected chi connectivity index (χ4v) is 2.94. The van der Waals surface area contributed by atoms with Gasteiger partial charge in [-0.25, -0.2) is 0 Å². The van der Waals surface area contributed by atoms with Gasteiger partial charge in [0, 0.05) is 24.9 Å². The first kappa shape index (κ1) is 17.0. The number of methoxy groups -OCH3 is 1. The summed E-state index contributed by atoms with van der Waals surface area (Å²) in [4.78, 5) is 11.5. The van der Waals surface area contributed by atoms with Crippen molar-refractivity contribution >= 4 is 30.1 Å². The lowest BCUT2D eigenvalue weighted by Crippen LogP contribution is -2.41. The molecule has 17 heavy (non-hydrogen) atoms. The molecule has 1 aliphatic rings. The average molecular weight is 283 g/mol. The predicted octanol–water partition coefficient (Wildman–Crippen LogP) is 1.05. The Morgan fingerprint density at radius 1 is 1.53 bits per heavy atom. The minimum absolute atomic E-state index is 0. The van der Waals surface area contributed by atoms with Gasteiger partial charge in [-0.1, -0.05) is 0 Å². The summed E-state index contributed by atoms with van der Waals surface area (Å²) in [5.74, 6) is 1.29. The lowest BCUT2D eigenvalue weighted by atomic mass is 10.1. The molecule has 4 nitrogen and oxygen atoms in total. The van der Waals surface area contributed by atoms with Gasteiger partial charge >= 0.3 is 0 Å². The van der Waals surface area contributed by atoms with Crippen molar-refractivity contribution in [3.8, 4) is 0 Å². The average Bonchev–Trinajstić information content (AvgIpc) is 2.70. The van der Waals surface area contributed by atoms with E-state index in [2.05, 4.69) is 17.6 Å². The van der Waals surface area contributed by atoms with Crippen molar-refractivity contribution in [1.82, 2.24) is 10.6 Å². The van der Waals surface area contributed by atoms with Crippen molar-refractivity contribution in [2.75, 3.05) is 39.1 Å². The minimum Gasteiger partial charge on any atom is -0.383 e. The van der Waals surface area contributed by atoms with E-state index >= 15 is 0 Å². The molecule has 1 saturated heterocycles. The zero-order valence-corrected chi connectivity index (χ0v) is 12.2. The Bertz CT molecular complexity index is 224. The molecule has 1 heterocycles. The summed E-state index contributed by atoms with van der Waals surface area (Å²) in [6, 6.07) is 0.